The third-order valence-corrected chi connectivity index (χ3v) is 4.98. The van der Waals surface area contributed by atoms with Gasteiger partial charge in [0.05, 0.1) is 10.5 Å². The molecule has 0 atom stereocenters. The molecule has 0 amide bonds. The maximum Gasteiger partial charge on any atom is 0.193 e. The molecule has 3 aromatic rings. The lowest BCUT2D eigenvalue weighted by Crippen LogP contribution is -2.21. The number of hydrogen-bond acceptors (Lipinski definition) is 3. The van der Waals surface area contributed by atoms with Crippen molar-refractivity contribution in [3.63, 3.8) is 0 Å². The van der Waals surface area contributed by atoms with Crippen LogP contribution in [-0.2, 0) is 13.1 Å². The Morgan fingerprint density at radius 3 is 2.85 bits per heavy atom. The van der Waals surface area contributed by atoms with Crippen LogP contribution in [0, 0.1) is 12.7 Å². The zero-order chi connectivity index (χ0) is 18.3. The highest BCUT2D eigenvalue weighted by Gasteiger charge is 2.26. The number of halogens is 2. The van der Waals surface area contributed by atoms with Gasteiger partial charge in [0.1, 0.15) is 5.82 Å². The summed E-state index contributed by atoms with van der Waals surface area (Å²) in [6.45, 7) is 3.01. The first-order valence-corrected chi connectivity index (χ1v) is 9.06. The molecule has 4 rings (SSSR count). The molecule has 0 spiro atoms. The quantitative estimate of drug-likeness (QED) is 0.733. The van der Waals surface area contributed by atoms with E-state index in [1.54, 1.807) is 12.3 Å². The summed E-state index contributed by atoms with van der Waals surface area (Å²) < 4.78 is 16.0. The van der Waals surface area contributed by atoms with E-state index >= 15 is 0 Å². The van der Waals surface area contributed by atoms with E-state index in [4.69, 9.17) is 11.6 Å². The molecular weight excluding hydrogens is 353 g/mol. The Labute approximate surface area is 155 Å². The molecule has 1 aromatic carbocycles. The lowest BCUT2D eigenvalue weighted by atomic mass is 10.1. The first kappa shape index (κ1) is 17.2. The van der Waals surface area contributed by atoms with E-state index in [9.17, 15) is 9.18 Å². The van der Waals surface area contributed by atoms with Crippen LogP contribution in [0.15, 0.2) is 41.5 Å². The van der Waals surface area contributed by atoms with Gasteiger partial charge in [-0.1, -0.05) is 11.6 Å². The van der Waals surface area contributed by atoms with Crippen LogP contribution in [0.3, 0.4) is 0 Å². The fraction of sp³-hybridized carbons (Fsp3) is 0.300. The Hall–Kier alpha value is -2.24. The SMILES string of the molecule is Cc1cc(CNCc2cn(C3CC3)c3cc(Cl)c(F)cc3c2=O)ccn1. The van der Waals surface area contributed by atoms with Crippen LogP contribution in [0.5, 0.6) is 0 Å². The number of nitrogens with one attached hydrogen (secondary N) is 1. The van der Waals surface area contributed by atoms with Gasteiger partial charge in [-0.05, 0) is 49.6 Å². The highest BCUT2D eigenvalue weighted by atomic mass is 35.5. The maximum absolute atomic E-state index is 13.9. The smallest absolute Gasteiger partial charge is 0.193 e. The van der Waals surface area contributed by atoms with E-state index in [0.717, 1.165) is 24.1 Å². The second kappa shape index (κ2) is 6.82. The summed E-state index contributed by atoms with van der Waals surface area (Å²) in [5.41, 5.74) is 3.26. The molecule has 0 saturated heterocycles. The van der Waals surface area contributed by atoms with Gasteiger partial charge >= 0.3 is 0 Å². The van der Waals surface area contributed by atoms with E-state index in [1.165, 1.54) is 6.07 Å². The van der Waals surface area contributed by atoms with Crippen molar-refractivity contribution in [3.05, 3.63) is 74.5 Å². The Morgan fingerprint density at radius 1 is 1.31 bits per heavy atom. The van der Waals surface area contributed by atoms with Crippen LogP contribution in [0.1, 0.15) is 35.7 Å². The molecule has 1 fully saturated rings. The van der Waals surface area contributed by atoms with E-state index in [0.29, 0.717) is 35.6 Å². The summed E-state index contributed by atoms with van der Waals surface area (Å²) in [5, 5.41) is 3.74. The van der Waals surface area contributed by atoms with Crippen molar-refractivity contribution in [2.75, 3.05) is 0 Å². The molecule has 134 valence electrons. The molecule has 0 radical (unpaired) electrons. The second-order valence-corrected chi connectivity index (χ2v) is 7.22. The molecule has 0 bridgehead atoms. The summed E-state index contributed by atoms with van der Waals surface area (Å²) in [4.78, 5) is 17.0. The topological polar surface area (TPSA) is 46.9 Å². The van der Waals surface area contributed by atoms with Crippen LogP contribution < -0.4 is 10.7 Å². The van der Waals surface area contributed by atoms with E-state index < -0.39 is 5.82 Å². The Bertz CT molecular complexity index is 1040. The third kappa shape index (κ3) is 3.37. The van der Waals surface area contributed by atoms with E-state index in [2.05, 4.69) is 14.9 Å². The zero-order valence-corrected chi connectivity index (χ0v) is 15.2. The minimum Gasteiger partial charge on any atom is -0.344 e. The van der Waals surface area contributed by atoms with E-state index in [-0.39, 0.29) is 10.5 Å². The maximum atomic E-state index is 13.9. The Kier molecular flexibility index (Phi) is 4.51. The molecule has 2 aromatic heterocycles. The number of fused-ring (bicyclic) bond motifs is 1. The Balaban J connectivity index is 1.65. The van der Waals surface area contributed by atoms with Gasteiger partial charge in [-0.3, -0.25) is 9.78 Å². The van der Waals surface area contributed by atoms with Gasteiger partial charge in [-0.2, -0.15) is 0 Å². The highest BCUT2D eigenvalue weighted by molar-refractivity contribution is 6.31. The molecule has 6 heteroatoms. The molecule has 0 aliphatic heterocycles. The van der Waals surface area contributed by atoms with Crippen LogP contribution in [0.4, 0.5) is 4.39 Å². The number of hydrogen-bond donors (Lipinski definition) is 1. The zero-order valence-electron chi connectivity index (χ0n) is 14.4. The van der Waals surface area contributed by atoms with Crippen molar-refractivity contribution < 1.29 is 4.39 Å². The van der Waals surface area contributed by atoms with Gasteiger partial charge in [-0.15, -0.1) is 0 Å². The average Bonchev–Trinajstić information content (AvgIpc) is 3.44. The number of aromatic nitrogens is 2. The molecule has 1 saturated carbocycles. The molecule has 1 N–H and O–H groups in total. The summed E-state index contributed by atoms with van der Waals surface area (Å²) in [5.74, 6) is -0.559. The van der Waals surface area contributed by atoms with Crippen LogP contribution in [-0.4, -0.2) is 9.55 Å². The fourth-order valence-electron chi connectivity index (χ4n) is 3.24. The number of aryl methyl sites for hydroxylation is 1. The summed E-state index contributed by atoms with van der Waals surface area (Å²) >= 11 is 5.93. The van der Waals surface area contributed by atoms with Crippen LogP contribution in [0.2, 0.25) is 5.02 Å². The van der Waals surface area contributed by atoms with E-state index in [1.807, 2.05) is 25.3 Å². The molecule has 4 nitrogen and oxygen atoms in total. The number of pyridine rings is 2. The van der Waals surface area contributed by atoms with Crippen molar-refractivity contribution >= 4 is 22.5 Å². The average molecular weight is 372 g/mol. The first-order valence-electron chi connectivity index (χ1n) is 8.68. The summed E-state index contributed by atoms with van der Waals surface area (Å²) in [6, 6.07) is 7.13. The third-order valence-electron chi connectivity index (χ3n) is 4.69. The molecule has 0 unspecified atom stereocenters. The standard InChI is InChI=1S/C20H19ClFN3O/c1-12-6-13(4-5-24-12)9-23-10-14-11-25(15-2-3-15)19-8-17(21)18(22)7-16(19)20(14)26/h4-8,11,15,23H,2-3,9-10H2,1H3. The summed E-state index contributed by atoms with van der Waals surface area (Å²) in [6.07, 6.45) is 5.79. The lowest BCUT2D eigenvalue weighted by molar-refractivity contribution is 0.628. The van der Waals surface area contributed by atoms with Crippen LogP contribution >= 0.6 is 11.6 Å². The fourth-order valence-corrected chi connectivity index (χ4v) is 3.40. The molecule has 2 heterocycles. The van der Waals surface area contributed by atoms with Gasteiger partial charge in [0, 0.05) is 48.2 Å². The summed E-state index contributed by atoms with van der Waals surface area (Å²) in [7, 11) is 0. The minimum absolute atomic E-state index is 0.0465. The number of rotatable bonds is 5. The van der Waals surface area contributed by atoms with Crippen LogP contribution in [0.25, 0.3) is 10.9 Å². The lowest BCUT2D eigenvalue weighted by Gasteiger charge is -2.14. The van der Waals surface area contributed by atoms with Crippen molar-refractivity contribution in [1.29, 1.82) is 0 Å². The largest absolute Gasteiger partial charge is 0.344 e. The van der Waals surface area contributed by atoms with Gasteiger partial charge < -0.3 is 9.88 Å². The number of nitrogens with zero attached hydrogens (tertiary/aromatic N) is 2. The second-order valence-electron chi connectivity index (χ2n) is 6.81. The van der Waals surface area contributed by atoms with Crippen molar-refractivity contribution in [1.82, 2.24) is 14.9 Å². The van der Waals surface area contributed by atoms with Crippen molar-refractivity contribution in [2.45, 2.75) is 38.9 Å². The highest BCUT2D eigenvalue weighted by Crippen LogP contribution is 2.37. The molecular formula is C20H19ClFN3O. The minimum atomic E-state index is -0.559. The molecule has 1 aliphatic carbocycles. The molecule has 1 aliphatic rings. The first-order chi connectivity index (χ1) is 12.5. The Morgan fingerprint density at radius 2 is 2.12 bits per heavy atom. The number of benzene rings is 1. The van der Waals surface area contributed by atoms with Crippen molar-refractivity contribution in [3.8, 4) is 0 Å². The predicted octanol–water partition coefficient (Wildman–Crippen LogP) is 4.12. The predicted molar refractivity (Wildman–Crippen MR) is 101 cm³/mol. The van der Waals surface area contributed by atoms with Gasteiger partial charge in [0.15, 0.2) is 5.43 Å². The van der Waals surface area contributed by atoms with Gasteiger partial charge in [-0.25, -0.2) is 4.39 Å². The van der Waals surface area contributed by atoms with Gasteiger partial charge in [0.25, 0.3) is 0 Å². The monoisotopic (exact) mass is 371 g/mol. The van der Waals surface area contributed by atoms with Gasteiger partial charge in [0.2, 0.25) is 0 Å². The molecule has 26 heavy (non-hydrogen) atoms. The normalized spacial score (nSPS) is 14.1. The van der Waals surface area contributed by atoms with Crippen molar-refractivity contribution in [2.24, 2.45) is 0 Å².